The number of hydrogen-bond acceptors (Lipinski definition) is 7. The fraction of sp³-hybridized carbons (Fsp3) is 0.250. The summed E-state index contributed by atoms with van der Waals surface area (Å²) in [6, 6.07) is 19.4. The first-order chi connectivity index (χ1) is 17.5. The molecule has 0 unspecified atom stereocenters. The van der Waals surface area contributed by atoms with Crippen LogP contribution in [0.5, 0.6) is 5.75 Å². The Morgan fingerprint density at radius 2 is 1.72 bits per heavy atom. The van der Waals surface area contributed by atoms with Crippen LogP contribution in [0.4, 0.5) is 11.4 Å². The van der Waals surface area contributed by atoms with Crippen LogP contribution in [0.1, 0.15) is 15.9 Å². The van der Waals surface area contributed by atoms with E-state index in [-0.39, 0.29) is 5.91 Å². The monoisotopic (exact) mass is 483 g/mol. The summed E-state index contributed by atoms with van der Waals surface area (Å²) in [5, 5.41) is 6.93. The number of carbonyl (C=O) groups is 1. The fourth-order valence-corrected chi connectivity index (χ4v) is 4.49. The van der Waals surface area contributed by atoms with Crippen molar-refractivity contribution in [2.75, 3.05) is 50.6 Å². The SMILES string of the molecule is COc1ccc(NC(=O)c2ccc(-c3ccc(-c4ncon4)cc3C)cc2)cc1N1CCN(C)CC1. The van der Waals surface area contributed by atoms with Crippen molar-refractivity contribution in [3.63, 3.8) is 0 Å². The van der Waals surface area contributed by atoms with Crippen molar-refractivity contribution in [2.45, 2.75) is 6.92 Å². The van der Waals surface area contributed by atoms with Gasteiger partial charge >= 0.3 is 0 Å². The lowest BCUT2D eigenvalue weighted by Crippen LogP contribution is -2.44. The predicted molar refractivity (Wildman–Crippen MR) is 141 cm³/mol. The zero-order chi connectivity index (χ0) is 25.1. The number of aromatic nitrogens is 2. The molecular weight excluding hydrogens is 454 g/mol. The molecule has 36 heavy (non-hydrogen) atoms. The van der Waals surface area contributed by atoms with Crippen LogP contribution in [0.15, 0.2) is 71.6 Å². The van der Waals surface area contributed by atoms with Crippen molar-refractivity contribution >= 4 is 17.3 Å². The summed E-state index contributed by atoms with van der Waals surface area (Å²) in [6.07, 6.45) is 1.32. The molecule has 3 aromatic carbocycles. The van der Waals surface area contributed by atoms with E-state index in [0.29, 0.717) is 11.4 Å². The second-order valence-electron chi connectivity index (χ2n) is 8.99. The number of anilines is 2. The summed E-state index contributed by atoms with van der Waals surface area (Å²) in [4.78, 5) is 21.7. The molecule has 1 aliphatic rings. The molecule has 1 amide bonds. The van der Waals surface area contributed by atoms with E-state index in [1.165, 1.54) is 6.39 Å². The van der Waals surface area contributed by atoms with Gasteiger partial charge in [-0.05, 0) is 67.1 Å². The number of nitrogens with one attached hydrogen (secondary N) is 1. The van der Waals surface area contributed by atoms with Crippen LogP contribution in [-0.4, -0.2) is 61.3 Å². The Hall–Kier alpha value is -4.17. The topological polar surface area (TPSA) is 83.7 Å². The molecule has 8 nitrogen and oxygen atoms in total. The van der Waals surface area contributed by atoms with E-state index in [1.807, 2.05) is 67.6 Å². The van der Waals surface area contributed by atoms with Gasteiger partial charge in [0.25, 0.3) is 5.91 Å². The van der Waals surface area contributed by atoms with Gasteiger partial charge in [0, 0.05) is 43.0 Å². The molecule has 1 aromatic heterocycles. The summed E-state index contributed by atoms with van der Waals surface area (Å²) < 4.78 is 10.4. The molecule has 5 rings (SSSR count). The first kappa shape index (κ1) is 23.6. The molecule has 184 valence electrons. The lowest BCUT2D eigenvalue weighted by Gasteiger charge is -2.34. The van der Waals surface area contributed by atoms with Gasteiger partial charge in [-0.2, -0.15) is 4.98 Å². The van der Waals surface area contributed by atoms with Crippen molar-refractivity contribution in [1.82, 2.24) is 15.0 Å². The molecule has 4 aromatic rings. The van der Waals surface area contributed by atoms with Crippen molar-refractivity contribution in [2.24, 2.45) is 0 Å². The van der Waals surface area contributed by atoms with Crippen LogP contribution < -0.4 is 15.0 Å². The second-order valence-corrected chi connectivity index (χ2v) is 8.99. The Balaban J connectivity index is 1.31. The molecule has 0 radical (unpaired) electrons. The third-order valence-corrected chi connectivity index (χ3v) is 6.58. The summed E-state index contributed by atoms with van der Waals surface area (Å²) >= 11 is 0. The Morgan fingerprint density at radius 3 is 2.39 bits per heavy atom. The van der Waals surface area contributed by atoms with E-state index >= 15 is 0 Å². The Kier molecular flexibility index (Phi) is 6.69. The summed E-state index contributed by atoms with van der Waals surface area (Å²) in [6.45, 7) is 5.86. The second kappa shape index (κ2) is 10.2. The van der Waals surface area contributed by atoms with Gasteiger partial charge in [0.2, 0.25) is 12.2 Å². The molecule has 0 bridgehead atoms. The first-order valence-electron chi connectivity index (χ1n) is 11.9. The highest BCUT2D eigenvalue weighted by atomic mass is 16.5. The minimum Gasteiger partial charge on any atom is -0.495 e. The molecule has 2 heterocycles. The van der Waals surface area contributed by atoms with Gasteiger partial charge < -0.3 is 24.4 Å². The normalized spacial score (nSPS) is 14.0. The van der Waals surface area contributed by atoms with Gasteiger partial charge in [0.05, 0.1) is 12.8 Å². The highest BCUT2D eigenvalue weighted by molar-refractivity contribution is 6.04. The minimum atomic E-state index is -0.153. The lowest BCUT2D eigenvalue weighted by molar-refractivity contribution is 0.102. The average Bonchev–Trinajstić information content (AvgIpc) is 3.44. The molecule has 1 N–H and O–H groups in total. The molecular formula is C28H29N5O3. The average molecular weight is 484 g/mol. The third kappa shape index (κ3) is 4.94. The van der Waals surface area contributed by atoms with E-state index in [9.17, 15) is 4.79 Å². The summed E-state index contributed by atoms with van der Waals surface area (Å²) in [5.74, 6) is 1.22. The number of benzene rings is 3. The first-order valence-corrected chi connectivity index (χ1v) is 11.9. The van der Waals surface area contributed by atoms with Crippen molar-refractivity contribution in [3.05, 3.63) is 78.2 Å². The van der Waals surface area contributed by atoms with Crippen LogP contribution in [0, 0.1) is 6.92 Å². The Labute approximate surface area is 210 Å². The van der Waals surface area contributed by atoms with E-state index in [4.69, 9.17) is 9.26 Å². The fourth-order valence-electron chi connectivity index (χ4n) is 4.49. The molecule has 1 fully saturated rings. The number of nitrogens with zero attached hydrogens (tertiary/aromatic N) is 4. The van der Waals surface area contributed by atoms with Gasteiger partial charge in [-0.1, -0.05) is 29.4 Å². The van der Waals surface area contributed by atoms with E-state index in [1.54, 1.807) is 7.11 Å². The maximum Gasteiger partial charge on any atom is 0.255 e. The quantitative estimate of drug-likeness (QED) is 0.425. The molecule has 0 atom stereocenters. The van der Waals surface area contributed by atoms with E-state index in [0.717, 1.165) is 65.6 Å². The molecule has 8 heteroatoms. The highest BCUT2D eigenvalue weighted by Gasteiger charge is 2.19. The van der Waals surface area contributed by atoms with Crippen molar-refractivity contribution in [3.8, 4) is 28.3 Å². The minimum absolute atomic E-state index is 0.153. The van der Waals surface area contributed by atoms with Crippen LogP contribution in [-0.2, 0) is 0 Å². The number of methoxy groups -OCH3 is 1. The van der Waals surface area contributed by atoms with Gasteiger partial charge in [0.1, 0.15) is 5.75 Å². The molecule has 1 saturated heterocycles. The van der Waals surface area contributed by atoms with Crippen molar-refractivity contribution in [1.29, 1.82) is 0 Å². The summed E-state index contributed by atoms with van der Waals surface area (Å²) in [7, 11) is 3.80. The van der Waals surface area contributed by atoms with Gasteiger partial charge in [-0.3, -0.25) is 4.79 Å². The van der Waals surface area contributed by atoms with Crippen LogP contribution >= 0.6 is 0 Å². The zero-order valence-corrected chi connectivity index (χ0v) is 20.7. The number of amides is 1. The number of likely N-dealkylation sites (N-methyl/N-ethyl adjacent to an activating group) is 1. The summed E-state index contributed by atoms with van der Waals surface area (Å²) in [5.41, 5.74) is 6.44. The number of piperazine rings is 1. The van der Waals surface area contributed by atoms with Crippen LogP contribution in [0.25, 0.3) is 22.5 Å². The third-order valence-electron chi connectivity index (χ3n) is 6.58. The largest absolute Gasteiger partial charge is 0.495 e. The standard InChI is InChI=1S/C28H29N5O3/c1-19-16-22(27-29-18-36-31-27)8-10-24(19)20-4-6-21(7-5-20)28(34)30-23-9-11-26(35-3)25(17-23)33-14-12-32(2)13-15-33/h4-11,16-18H,12-15H2,1-3H3,(H,30,34). The number of carbonyl (C=O) groups excluding carboxylic acids is 1. The zero-order valence-electron chi connectivity index (χ0n) is 20.7. The van der Waals surface area contributed by atoms with Gasteiger partial charge in [-0.15, -0.1) is 0 Å². The van der Waals surface area contributed by atoms with Gasteiger partial charge in [-0.25, -0.2) is 0 Å². The molecule has 0 spiro atoms. The predicted octanol–water partition coefficient (Wildman–Crippen LogP) is 4.72. The van der Waals surface area contributed by atoms with E-state index < -0.39 is 0 Å². The Bertz CT molecular complexity index is 1340. The maximum atomic E-state index is 13.0. The van der Waals surface area contributed by atoms with Gasteiger partial charge in [0.15, 0.2) is 0 Å². The number of hydrogen-bond donors (Lipinski definition) is 1. The van der Waals surface area contributed by atoms with Crippen molar-refractivity contribution < 1.29 is 14.1 Å². The Morgan fingerprint density at radius 1 is 0.972 bits per heavy atom. The van der Waals surface area contributed by atoms with Crippen LogP contribution in [0.3, 0.4) is 0 Å². The molecule has 0 saturated carbocycles. The van der Waals surface area contributed by atoms with Crippen LogP contribution in [0.2, 0.25) is 0 Å². The number of aryl methyl sites for hydroxylation is 1. The smallest absolute Gasteiger partial charge is 0.255 e. The molecule has 1 aliphatic heterocycles. The highest BCUT2D eigenvalue weighted by Crippen LogP contribution is 2.32. The maximum absolute atomic E-state index is 13.0. The number of ether oxygens (including phenoxy) is 1. The number of rotatable bonds is 6. The molecule has 0 aliphatic carbocycles. The van der Waals surface area contributed by atoms with E-state index in [2.05, 4.69) is 32.3 Å². The lowest BCUT2D eigenvalue weighted by atomic mass is 9.97.